The van der Waals surface area contributed by atoms with Gasteiger partial charge in [-0.3, -0.25) is 0 Å². The maximum atomic E-state index is 10.6. The van der Waals surface area contributed by atoms with Crippen molar-refractivity contribution in [3.63, 3.8) is 0 Å². The summed E-state index contributed by atoms with van der Waals surface area (Å²) in [5.41, 5.74) is 1.02. The van der Waals surface area contributed by atoms with E-state index in [1.165, 1.54) is 0 Å². The third-order valence-corrected chi connectivity index (χ3v) is 4.11. The molecule has 0 amide bonds. The number of hydrogen-bond acceptors (Lipinski definition) is 4. The Balaban J connectivity index is 2.04. The van der Waals surface area contributed by atoms with Crippen LogP contribution in [0.1, 0.15) is 36.5 Å². The molecule has 2 rings (SSSR count). The van der Waals surface area contributed by atoms with Gasteiger partial charge in [0.25, 0.3) is 0 Å². The standard InChI is InChI=1S/C20H29N3O3/c1-6-21-19(22-12-16-9-7-14(2)17(11-16)25-5)23-13-20(4,24)18-10-8-15(3)26-18/h7-11,24H,6,12-13H2,1-5H3,(H2,21,22,23). The third kappa shape index (κ3) is 5.26. The van der Waals surface area contributed by atoms with Crippen LogP contribution in [-0.2, 0) is 12.1 Å². The largest absolute Gasteiger partial charge is 0.496 e. The molecule has 0 fully saturated rings. The summed E-state index contributed by atoms with van der Waals surface area (Å²) < 4.78 is 10.9. The van der Waals surface area contributed by atoms with Gasteiger partial charge in [0.2, 0.25) is 0 Å². The highest BCUT2D eigenvalue weighted by atomic mass is 16.5. The fourth-order valence-electron chi connectivity index (χ4n) is 2.54. The number of ether oxygens (including phenoxy) is 1. The summed E-state index contributed by atoms with van der Waals surface area (Å²) in [6, 6.07) is 9.68. The topological polar surface area (TPSA) is 79.0 Å². The molecule has 0 aliphatic heterocycles. The van der Waals surface area contributed by atoms with Crippen LogP contribution in [0.3, 0.4) is 0 Å². The maximum absolute atomic E-state index is 10.6. The lowest BCUT2D eigenvalue weighted by Gasteiger charge is -2.22. The number of aliphatic hydroxyl groups is 1. The van der Waals surface area contributed by atoms with Crippen molar-refractivity contribution >= 4 is 5.96 Å². The molecule has 142 valence electrons. The molecule has 26 heavy (non-hydrogen) atoms. The average Bonchev–Trinajstić information content (AvgIpc) is 3.06. The molecule has 1 unspecified atom stereocenters. The molecule has 1 aromatic carbocycles. The van der Waals surface area contributed by atoms with Gasteiger partial charge in [0.05, 0.1) is 20.2 Å². The van der Waals surface area contributed by atoms with Crippen molar-refractivity contribution < 1.29 is 14.3 Å². The molecule has 0 radical (unpaired) electrons. The van der Waals surface area contributed by atoms with E-state index in [9.17, 15) is 5.11 Å². The van der Waals surface area contributed by atoms with Crippen LogP contribution >= 0.6 is 0 Å². The van der Waals surface area contributed by atoms with E-state index in [1.54, 1.807) is 20.1 Å². The molecule has 1 heterocycles. The first-order valence-corrected chi connectivity index (χ1v) is 8.80. The highest BCUT2D eigenvalue weighted by molar-refractivity contribution is 5.79. The van der Waals surface area contributed by atoms with Crippen molar-refractivity contribution in [1.82, 2.24) is 10.6 Å². The van der Waals surface area contributed by atoms with Gasteiger partial charge in [-0.25, -0.2) is 4.99 Å². The Morgan fingerprint density at radius 3 is 2.62 bits per heavy atom. The molecule has 1 aromatic heterocycles. The van der Waals surface area contributed by atoms with Crippen molar-refractivity contribution in [2.45, 2.75) is 39.8 Å². The molecular weight excluding hydrogens is 330 g/mol. The smallest absolute Gasteiger partial charge is 0.191 e. The van der Waals surface area contributed by atoms with Crippen molar-refractivity contribution in [2.75, 3.05) is 20.2 Å². The minimum atomic E-state index is -1.13. The SMILES string of the molecule is CCNC(=NCc1ccc(C)c(OC)c1)NCC(C)(O)c1ccc(C)o1. The third-order valence-electron chi connectivity index (χ3n) is 4.11. The Bertz CT molecular complexity index is 751. The summed E-state index contributed by atoms with van der Waals surface area (Å²) >= 11 is 0. The Labute approximate surface area is 155 Å². The molecule has 1 atom stereocenters. The fraction of sp³-hybridized carbons (Fsp3) is 0.450. The molecule has 3 N–H and O–H groups in total. The number of benzene rings is 1. The second kappa shape index (κ2) is 8.76. The number of furan rings is 1. The number of guanidine groups is 1. The number of aryl methyl sites for hydroxylation is 2. The van der Waals surface area contributed by atoms with Gasteiger partial charge in [0, 0.05) is 6.54 Å². The molecule has 0 saturated carbocycles. The van der Waals surface area contributed by atoms with E-state index in [-0.39, 0.29) is 6.54 Å². The lowest BCUT2D eigenvalue weighted by atomic mass is 10.0. The zero-order valence-electron chi connectivity index (χ0n) is 16.2. The number of methoxy groups -OCH3 is 1. The van der Waals surface area contributed by atoms with Crippen LogP contribution < -0.4 is 15.4 Å². The second-order valence-corrected chi connectivity index (χ2v) is 6.54. The number of hydrogen-bond donors (Lipinski definition) is 3. The van der Waals surface area contributed by atoms with E-state index >= 15 is 0 Å². The van der Waals surface area contributed by atoms with Gasteiger partial charge in [-0.1, -0.05) is 12.1 Å². The van der Waals surface area contributed by atoms with E-state index < -0.39 is 5.60 Å². The number of nitrogens with zero attached hydrogens (tertiary/aromatic N) is 1. The molecule has 0 aliphatic carbocycles. The van der Waals surface area contributed by atoms with Gasteiger partial charge in [0.1, 0.15) is 22.9 Å². The van der Waals surface area contributed by atoms with Gasteiger partial charge in [-0.15, -0.1) is 0 Å². The minimum absolute atomic E-state index is 0.281. The summed E-state index contributed by atoms with van der Waals surface area (Å²) in [4.78, 5) is 4.59. The lowest BCUT2D eigenvalue weighted by molar-refractivity contribution is 0.0378. The molecule has 0 saturated heterocycles. The molecule has 0 aliphatic rings. The van der Waals surface area contributed by atoms with E-state index in [1.807, 2.05) is 45.0 Å². The summed E-state index contributed by atoms with van der Waals surface area (Å²) in [7, 11) is 1.67. The zero-order chi connectivity index (χ0) is 19.2. The van der Waals surface area contributed by atoms with Gasteiger partial charge in [-0.05, 0) is 57.0 Å². The van der Waals surface area contributed by atoms with Gasteiger partial charge in [0.15, 0.2) is 5.96 Å². The van der Waals surface area contributed by atoms with Crippen LogP contribution in [0.15, 0.2) is 39.7 Å². The summed E-state index contributed by atoms with van der Waals surface area (Å²) in [6.07, 6.45) is 0. The monoisotopic (exact) mass is 359 g/mol. The van der Waals surface area contributed by atoms with E-state index in [4.69, 9.17) is 9.15 Å². The molecule has 6 nitrogen and oxygen atoms in total. The molecule has 2 aromatic rings. The first-order valence-electron chi connectivity index (χ1n) is 8.80. The van der Waals surface area contributed by atoms with Gasteiger partial charge < -0.3 is 24.9 Å². The first kappa shape index (κ1) is 19.8. The summed E-state index contributed by atoms with van der Waals surface area (Å²) in [5.74, 6) is 2.79. The van der Waals surface area contributed by atoms with Crippen LogP contribution in [0, 0.1) is 13.8 Å². The minimum Gasteiger partial charge on any atom is -0.496 e. The summed E-state index contributed by atoms with van der Waals surface area (Å²) in [5, 5.41) is 17.0. The maximum Gasteiger partial charge on any atom is 0.191 e. The zero-order valence-corrected chi connectivity index (χ0v) is 16.2. The number of rotatable bonds is 7. The van der Waals surface area contributed by atoms with Crippen molar-refractivity contribution in [1.29, 1.82) is 0 Å². The predicted molar refractivity (Wildman–Crippen MR) is 104 cm³/mol. The quantitative estimate of drug-likeness (QED) is 0.523. The van der Waals surface area contributed by atoms with E-state index in [0.717, 1.165) is 29.2 Å². The van der Waals surface area contributed by atoms with Crippen LogP contribution in [0.25, 0.3) is 0 Å². The van der Waals surface area contributed by atoms with Crippen molar-refractivity contribution in [3.8, 4) is 5.75 Å². The average molecular weight is 359 g/mol. The Morgan fingerprint density at radius 1 is 1.23 bits per heavy atom. The normalized spacial score (nSPS) is 14.0. The van der Waals surface area contributed by atoms with Crippen LogP contribution in [0.2, 0.25) is 0 Å². The first-order chi connectivity index (χ1) is 12.4. The Hall–Kier alpha value is -2.47. The van der Waals surface area contributed by atoms with E-state index in [0.29, 0.717) is 18.3 Å². The molecule has 0 bridgehead atoms. The van der Waals surface area contributed by atoms with Crippen molar-refractivity contribution in [2.24, 2.45) is 4.99 Å². The number of aliphatic imine (C=N–C) groups is 1. The fourth-order valence-corrected chi connectivity index (χ4v) is 2.54. The second-order valence-electron chi connectivity index (χ2n) is 6.54. The highest BCUT2D eigenvalue weighted by Crippen LogP contribution is 2.22. The predicted octanol–water partition coefficient (Wildman–Crippen LogP) is 2.87. The van der Waals surface area contributed by atoms with E-state index in [2.05, 4.69) is 15.6 Å². The van der Waals surface area contributed by atoms with Crippen LogP contribution in [-0.4, -0.2) is 31.3 Å². The Morgan fingerprint density at radius 2 is 2.00 bits per heavy atom. The highest BCUT2D eigenvalue weighted by Gasteiger charge is 2.27. The summed E-state index contributed by atoms with van der Waals surface area (Å²) in [6.45, 7) is 9.10. The Kier molecular flexibility index (Phi) is 6.69. The molecular formula is C20H29N3O3. The van der Waals surface area contributed by atoms with Crippen molar-refractivity contribution in [3.05, 3.63) is 53.0 Å². The number of nitrogens with one attached hydrogen (secondary N) is 2. The lowest BCUT2D eigenvalue weighted by Crippen LogP contribution is -2.44. The van der Waals surface area contributed by atoms with Crippen LogP contribution in [0.4, 0.5) is 0 Å². The van der Waals surface area contributed by atoms with Crippen LogP contribution in [0.5, 0.6) is 5.75 Å². The van der Waals surface area contributed by atoms with Gasteiger partial charge >= 0.3 is 0 Å². The molecule has 0 spiro atoms. The van der Waals surface area contributed by atoms with Gasteiger partial charge in [-0.2, -0.15) is 0 Å². The molecule has 6 heteroatoms.